The number of amides is 1. The Morgan fingerprint density at radius 1 is 1.22 bits per heavy atom. The van der Waals surface area contributed by atoms with Crippen LogP contribution in [0, 0.1) is 6.92 Å². The summed E-state index contributed by atoms with van der Waals surface area (Å²) in [7, 11) is 0. The van der Waals surface area contributed by atoms with E-state index in [4.69, 9.17) is 15.1 Å². The van der Waals surface area contributed by atoms with Gasteiger partial charge < -0.3 is 15.5 Å². The first-order valence-corrected chi connectivity index (χ1v) is 11.2. The topological polar surface area (TPSA) is 106 Å². The van der Waals surface area contributed by atoms with Gasteiger partial charge >= 0.3 is 0 Å². The van der Waals surface area contributed by atoms with Crippen molar-refractivity contribution in [1.82, 2.24) is 9.97 Å². The molecule has 0 spiro atoms. The fraction of sp³-hybridized carbons (Fsp3) is 0.360. The number of anilines is 2. The zero-order valence-corrected chi connectivity index (χ0v) is 18.2. The summed E-state index contributed by atoms with van der Waals surface area (Å²) in [4.78, 5) is 26.2. The van der Waals surface area contributed by atoms with Crippen molar-refractivity contribution in [3.05, 3.63) is 59.2 Å². The largest absolute Gasteiger partial charge is 0.444 e. The Hall–Kier alpha value is -3.48. The van der Waals surface area contributed by atoms with Crippen LogP contribution >= 0.6 is 0 Å². The molecule has 2 fully saturated rings. The monoisotopic (exact) mass is 429 g/mol. The number of nitrogens with one attached hydrogen (secondary N) is 1. The van der Waals surface area contributed by atoms with Gasteiger partial charge in [-0.1, -0.05) is 12.8 Å². The fourth-order valence-corrected chi connectivity index (χ4v) is 4.22. The molecule has 0 radical (unpaired) electrons. The molecular formula is C25H27N5O2. The number of nitrogen functional groups attached to an aromatic ring is 1. The summed E-state index contributed by atoms with van der Waals surface area (Å²) >= 11 is 0. The van der Waals surface area contributed by atoms with Crippen LogP contribution in [-0.4, -0.2) is 28.1 Å². The number of nitrogens with zero attached hydrogens (tertiary/aromatic N) is 3. The minimum absolute atomic E-state index is 0.231. The minimum atomic E-state index is -0.309. The van der Waals surface area contributed by atoms with E-state index in [9.17, 15) is 4.79 Å². The van der Waals surface area contributed by atoms with Gasteiger partial charge in [-0.05, 0) is 68.4 Å². The standard InChI is InChI=1S/C25H27N5O2/c1-15-10-17(8-9-27-15)25-30-23(14-32-25)24(31)29-22-11-18(13-28-19-4-2-3-5-19)21(26)12-20(22)16-6-7-16/h8-14,16,19H,2-7,26H2,1H3,(H,29,31). The highest BCUT2D eigenvalue weighted by atomic mass is 16.3. The van der Waals surface area contributed by atoms with E-state index in [1.54, 1.807) is 6.20 Å². The minimum Gasteiger partial charge on any atom is -0.444 e. The second-order valence-corrected chi connectivity index (χ2v) is 8.74. The fourth-order valence-electron chi connectivity index (χ4n) is 4.22. The van der Waals surface area contributed by atoms with E-state index in [-0.39, 0.29) is 11.6 Å². The van der Waals surface area contributed by atoms with Crippen LogP contribution in [0.15, 0.2) is 46.1 Å². The highest BCUT2D eigenvalue weighted by Gasteiger charge is 2.28. The predicted molar refractivity (Wildman–Crippen MR) is 125 cm³/mol. The first-order valence-electron chi connectivity index (χ1n) is 11.2. The van der Waals surface area contributed by atoms with Crippen LogP contribution in [0.4, 0.5) is 11.4 Å². The Labute approximate surface area is 187 Å². The van der Waals surface area contributed by atoms with Crippen LogP contribution in [0.1, 0.15) is 71.8 Å². The van der Waals surface area contributed by atoms with E-state index in [0.29, 0.717) is 23.5 Å². The van der Waals surface area contributed by atoms with Crippen molar-refractivity contribution in [3.8, 4) is 11.5 Å². The van der Waals surface area contributed by atoms with Crippen molar-refractivity contribution < 1.29 is 9.21 Å². The average Bonchev–Trinajstić information content (AvgIpc) is 3.27. The maximum absolute atomic E-state index is 13.0. The molecule has 5 rings (SSSR count). The van der Waals surface area contributed by atoms with Gasteiger partial charge in [0.25, 0.3) is 5.91 Å². The molecule has 3 N–H and O–H groups in total. The normalized spacial score (nSPS) is 16.7. The van der Waals surface area contributed by atoms with Gasteiger partial charge in [-0.3, -0.25) is 14.8 Å². The van der Waals surface area contributed by atoms with Crippen LogP contribution < -0.4 is 11.1 Å². The van der Waals surface area contributed by atoms with Crippen molar-refractivity contribution in [2.75, 3.05) is 11.1 Å². The zero-order chi connectivity index (χ0) is 22.1. The Bertz CT molecular complexity index is 1170. The Morgan fingerprint density at radius 3 is 2.78 bits per heavy atom. The summed E-state index contributed by atoms with van der Waals surface area (Å²) in [6.07, 6.45) is 11.9. The van der Waals surface area contributed by atoms with Crippen LogP contribution in [0.5, 0.6) is 0 Å². The lowest BCUT2D eigenvalue weighted by molar-refractivity contribution is 0.102. The summed E-state index contributed by atoms with van der Waals surface area (Å²) < 4.78 is 5.55. The summed E-state index contributed by atoms with van der Waals surface area (Å²) in [6.45, 7) is 1.90. The lowest BCUT2D eigenvalue weighted by Crippen LogP contribution is -2.14. The molecule has 3 aromatic rings. The summed E-state index contributed by atoms with van der Waals surface area (Å²) in [5, 5.41) is 3.03. The van der Waals surface area contributed by atoms with E-state index in [2.05, 4.69) is 15.3 Å². The van der Waals surface area contributed by atoms with Crippen molar-refractivity contribution in [3.63, 3.8) is 0 Å². The molecular weight excluding hydrogens is 402 g/mol. The van der Waals surface area contributed by atoms with Gasteiger partial charge in [-0.2, -0.15) is 0 Å². The third-order valence-corrected chi connectivity index (χ3v) is 6.15. The molecule has 7 nitrogen and oxygen atoms in total. The maximum atomic E-state index is 13.0. The number of rotatable bonds is 6. The molecule has 2 heterocycles. The van der Waals surface area contributed by atoms with Gasteiger partial charge in [0.2, 0.25) is 5.89 Å². The van der Waals surface area contributed by atoms with E-state index in [1.807, 2.05) is 37.4 Å². The number of nitrogens with two attached hydrogens (primary N) is 1. The molecule has 2 saturated carbocycles. The number of carbonyl (C=O) groups is 1. The second-order valence-electron chi connectivity index (χ2n) is 8.74. The van der Waals surface area contributed by atoms with Crippen molar-refractivity contribution in [1.29, 1.82) is 0 Å². The number of aromatic nitrogens is 2. The first-order chi connectivity index (χ1) is 15.6. The first kappa shape index (κ1) is 20.4. The average molecular weight is 430 g/mol. The molecule has 164 valence electrons. The Morgan fingerprint density at radius 2 is 2.03 bits per heavy atom. The molecule has 1 amide bonds. The number of benzene rings is 1. The third-order valence-electron chi connectivity index (χ3n) is 6.15. The number of hydrogen-bond acceptors (Lipinski definition) is 6. The molecule has 32 heavy (non-hydrogen) atoms. The van der Waals surface area contributed by atoms with Crippen LogP contribution in [-0.2, 0) is 0 Å². The van der Waals surface area contributed by atoms with Gasteiger partial charge in [-0.15, -0.1) is 0 Å². The lowest BCUT2D eigenvalue weighted by Gasteiger charge is -2.13. The van der Waals surface area contributed by atoms with E-state index in [1.165, 1.54) is 19.1 Å². The molecule has 7 heteroatoms. The van der Waals surface area contributed by atoms with E-state index >= 15 is 0 Å². The number of oxazole rings is 1. The van der Waals surface area contributed by atoms with E-state index in [0.717, 1.165) is 53.8 Å². The quantitative estimate of drug-likeness (QED) is 0.418. The van der Waals surface area contributed by atoms with Gasteiger partial charge in [0, 0.05) is 46.6 Å². The second kappa shape index (κ2) is 8.57. The van der Waals surface area contributed by atoms with E-state index < -0.39 is 0 Å². The predicted octanol–water partition coefficient (Wildman–Crippen LogP) is 5.12. The van der Waals surface area contributed by atoms with Crippen molar-refractivity contribution in [2.45, 2.75) is 57.4 Å². The van der Waals surface area contributed by atoms with Gasteiger partial charge in [0.15, 0.2) is 5.69 Å². The molecule has 0 atom stereocenters. The number of carbonyl (C=O) groups excluding carboxylic acids is 1. The van der Waals surface area contributed by atoms with Crippen LogP contribution in [0.25, 0.3) is 11.5 Å². The smallest absolute Gasteiger partial charge is 0.277 e. The number of hydrogen-bond donors (Lipinski definition) is 2. The summed E-state index contributed by atoms with van der Waals surface area (Å²) in [5.41, 5.74) is 11.6. The molecule has 0 saturated heterocycles. The van der Waals surface area contributed by atoms with Crippen molar-refractivity contribution >= 4 is 23.5 Å². The molecule has 2 aliphatic rings. The number of aliphatic imine (C=N–C) groups is 1. The molecule has 0 aliphatic heterocycles. The Kier molecular flexibility index (Phi) is 5.47. The molecule has 2 aliphatic carbocycles. The highest BCUT2D eigenvalue weighted by Crippen LogP contribution is 2.44. The number of pyridine rings is 1. The molecule has 1 aromatic carbocycles. The molecule has 2 aromatic heterocycles. The van der Waals surface area contributed by atoms with Crippen molar-refractivity contribution in [2.24, 2.45) is 4.99 Å². The van der Waals surface area contributed by atoms with Crippen LogP contribution in [0.2, 0.25) is 0 Å². The maximum Gasteiger partial charge on any atom is 0.277 e. The zero-order valence-electron chi connectivity index (χ0n) is 18.2. The highest BCUT2D eigenvalue weighted by molar-refractivity contribution is 6.04. The molecule has 0 bridgehead atoms. The van der Waals surface area contributed by atoms with Gasteiger partial charge in [0.1, 0.15) is 6.26 Å². The SMILES string of the molecule is Cc1cc(-c2nc(C(=O)Nc3cc(C=NC4CCCC4)c(N)cc3C3CC3)co2)ccn1. The summed E-state index contributed by atoms with van der Waals surface area (Å²) in [5.74, 6) is 0.516. The van der Waals surface area contributed by atoms with Gasteiger partial charge in [0.05, 0.1) is 0 Å². The lowest BCUT2D eigenvalue weighted by atomic mass is 10.0. The number of aryl methyl sites for hydroxylation is 1. The van der Waals surface area contributed by atoms with Crippen LogP contribution in [0.3, 0.4) is 0 Å². The molecule has 0 unspecified atom stereocenters. The Balaban J connectivity index is 1.39. The summed E-state index contributed by atoms with van der Waals surface area (Å²) in [6, 6.07) is 7.97. The van der Waals surface area contributed by atoms with Gasteiger partial charge in [-0.25, -0.2) is 4.98 Å². The third kappa shape index (κ3) is 4.42.